The molecule has 5 nitrogen and oxygen atoms in total. The summed E-state index contributed by atoms with van der Waals surface area (Å²) >= 11 is 0. The summed E-state index contributed by atoms with van der Waals surface area (Å²) in [5.41, 5.74) is 4.59. The van der Waals surface area contributed by atoms with Gasteiger partial charge in [0, 0.05) is 6.42 Å². The molecule has 0 radical (unpaired) electrons. The number of carbonyl (C=O) groups is 2. The minimum atomic E-state index is -0.863. The van der Waals surface area contributed by atoms with Crippen molar-refractivity contribution in [1.29, 1.82) is 0 Å². The van der Waals surface area contributed by atoms with Crippen LogP contribution in [0.3, 0.4) is 0 Å². The first-order chi connectivity index (χ1) is 10.7. The number of rotatable bonds is 4. The summed E-state index contributed by atoms with van der Waals surface area (Å²) in [5.74, 6) is -0.941. The zero-order valence-electron chi connectivity index (χ0n) is 11.8. The molecule has 1 heterocycles. The van der Waals surface area contributed by atoms with Crippen molar-refractivity contribution in [2.75, 3.05) is 0 Å². The second-order valence-corrected chi connectivity index (χ2v) is 5.00. The molecule has 0 fully saturated rings. The van der Waals surface area contributed by atoms with Gasteiger partial charge in [-0.1, -0.05) is 48.5 Å². The summed E-state index contributed by atoms with van der Waals surface area (Å²) in [6, 6.07) is 16.6. The predicted octanol–water partition coefficient (Wildman–Crippen LogP) is 2.02. The van der Waals surface area contributed by atoms with Crippen LogP contribution in [-0.2, 0) is 27.4 Å². The lowest BCUT2D eigenvalue weighted by Gasteiger charge is -2.23. The van der Waals surface area contributed by atoms with Crippen LogP contribution >= 0.6 is 0 Å². The minimum Gasteiger partial charge on any atom is -0.448 e. The third kappa shape index (κ3) is 3.15. The van der Waals surface area contributed by atoms with E-state index in [9.17, 15) is 9.59 Å². The average Bonchev–Trinajstić information content (AvgIpc) is 2.56. The Morgan fingerprint density at radius 3 is 2.68 bits per heavy atom. The molecule has 22 heavy (non-hydrogen) atoms. The van der Waals surface area contributed by atoms with E-state index in [0.29, 0.717) is 12.0 Å². The van der Waals surface area contributed by atoms with Crippen LogP contribution in [-0.4, -0.2) is 18.0 Å². The smallest absolute Gasteiger partial charge is 0.339 e. The number of hydrogen-bond donors (Lipinski definition) is 1. The molecule has 1 aliphatic rings. The van der Waals surface area contributed by atoms with Crippen molar-refractivity contribution < 1.29 is 19.2 Å². The first kappa shape index (κ1) is 14.3. The lowest BCUT2D eigenvalue weighted by atomic mass is 9.98. The Hall–Kier alpha value is -2.66. The van der Waals surface area contributed by atoms with E-state index in [1.807, 2.05) is 42.5 Å². The van der Waals surface area contributed by atoms with Gasteiger partial charge in [-0.3, -0.25) is 9.63 Å². The first-order valence-corrected chi connectivity index (χ1v) is 6.98. The topological polar surface area (TPSA) is 64.6 Å². The Balaban J connectivity index is 1.56. The maximum absolute atomic E-state index is 12.0. The van der Waals surface area contributed by atoms with E-state index in [1.165, 1.54) is 0 Å². The summed E-state index contributed by atoms with van der Waals surface area (Å²) in [6.45, 7) is 0.254. The number of cyclic esters (lactones) is 1. The third-order valence-corrected chi connectivity index (χ3v) is 3.44. The molecule has 0 spiro atoms. The molecular formula is C17H15NO4. The Labute approximate surface area is 127 Å². The monoisotopic (exact) mass is 297 g/mol. The summed E-state index contributed by atoms with van der Waals surface area (Å²) in [6.07, 6.45) is -0.513. The maximum atomic E-state index is 12.0. The van der Waals surface area contributed by atoms with Gasteiger partial charge >= 0.3 is 5.97 Å². The number of ether oxygens (including phenoxy) is 1. The quantitative estimate of drug-likeness (QED) is 0.692. The molecular weight excluding hydrogens is 282 g/mol. The Bertz CT molecular complexity index is 684. The van der Waals surface area contributed by atoms with Crippen LogP contribution in [0.5, 0.6) is 0 Å². The molecule has 0 saturated heterocycles. The van der Waals surface area contributed by atoms with Crippen molar-refractivity contribution in [3.8, 4) is 0 Å². The van der Waals surface area contributed by atoms with Crippen LogP contribution in [0.2, 0.25) is 0 Å². The number of amides is 1. The van der Waals surface area contributed by atoms with E-state index >= 15 is 0 Å². The molecule has 2 aromatic carbocycles. The van der Waals surface area contributed by atoms with E-state index in [2.05, 4.69) is 5.48 Å². The largest absolute Gasteiger partial charge is 0.448 e. The van der Waals surface area contributed by atoms with Gasteiger partial charge in [0.2, 0.25) is 0 Å². The van der Waals surface area contributed by atoms with Crippen molar-refractivity contribution in [2.24, 2.45) is 0 Å². The summed E-state index contributed by atoms with van der Waals surface area (Å²) in [7, 11) is 0. The molecule has 0 saturated carbocycles. The SMILES string of the molecule is O=C1O[C@@H](C(=O)NOCc2ccccc2)Cc2ccccc21. The highest BCUT2D eigenvalue weighted by Gasteiger charge is 2.31. The van der Waals surface area contributed by atoms with E-state index in [1.54, 1.807) is 12.1 Å². The lowest BCUT2D eigenvalue weighted by Crippen LogP contribution is -2.41. The number of hydrogen-bond acceptors (Lipinski definition) is 4. The standard InChI is InChI=1S/C17H15NO4/c19-16(18-21-11-12-6-2-1-3-7-12)15-10-13-8-4-5-9-14(13)17(20)22-15/h1-9,15H,10-11H2,(H,18,19)/t15-/m1/s1. The molecule has 3 rings (SSSR count). The fraction of sp³-hybridized carbons (Fsp3) is 0.176. The molecule has 5 heteroatoms. The molecule has 1 atom stereocenters. The van der Waals surface area contributed by atoms with E-state index in [0.717, 1.165) is 11.1 Å². The van der Waals surface area contributed by atoms with Crippen molar-refractivity contribution in [1.82, 2.24) is 5.48 Å². The number of benzene rings is 2. The number of fused-ring (bicyclic) bond motifs is 1. The van der Waals surface area contributed by atoms with Crippen LogP contribution in [0, 0.1) is 0 Å². The fourth-order valence-electron chi connectivity index (χ4n) is 2.31. The molecule has 1 amide bonds. The van der Waals surface area contributed by atoms with Gasteiger partial charge in [0.15, 0.2) is 6.10 Å². The Morgan fingerprint density at radius 1 is 1.14 bits per heavy atom. The average molecular weight is 297 g/mol. The van der Waals surface area contributed by atoms with Crippen molar-refractivity contribution in [3.63, 3.8) is 0 Å². The Morgan fingerprint density at radius 2 is 1.86 bits per heavy atom. The van der Waals surface area contributed by atoms with Gasteiger partial charge in [-0.2, -0.15) is 0 Å². The van der Waals surface area contributed by atoms with Crippen LogP contribution < -0.4 is 5.48 Å². The van der Waals surface area contributed by atoms with Gasteiger partial charge in [-0.05, 0) is 17.2 Å². The summed E-state index contributed by atoms with van der Waals surface area (Å²) < 4.78 is 5.15. The minimum absolute atomic E-state index is 0.254. The normalized spacial score (nSPS) is 16.5. The number of carbonyl (C=O) groups excluding carboxylic acids is 2. The zero-order chi connectivity index (χ0) is 15.4. The number of esters is 1. The number of hydroxylamine groups is 1. The molecule has 2 aromatic rings. The predicted molar refractivity (Wildman–Crippen MR) is 78.7 cm³/mol. The van der Waals surface area contributed by atoms with Crippen LogP contribution in [0.4, 0.5) is 0 Å². The lowest BCUT2D eigenvalue weighted by molar-refractivity contribution is -0.144. The highest BCUT2D eigenvalue weighted by molar-refractivity contribution is 5.95. The molecule has 112 valence electrons. The van der Waals surface area contributed by atoms with E-state index in [-0.39, 0.29) is 6.61 Å². The van der Waals surface area contributed by atoms with Crippen molar-refractivity contribution in [3.05, 3.63) is 71.3 Å². The molecule has 1 N–H and O–H groups in total. The first-order valence-electron chi connectivity index (χ1n) is 6.98. The highest BCUT2D eigenvalue weighted by Crippen LogP contribution is 2.20. The fourth-order valence-corrected chi connectivity index (χ4v) is 2.31. The van der Waals surface area contributed by atoms with Gasteiger partial charge in [-0.25, -0.2) is 10.3 Å². The molecule has 1 aliphatic heterocycles. The van der Waals surface area contributed by atoms with Gasteiger partial charge in [0.1, 0.15) is 0 Å². The van der Waals surface area contributed by atoms with Gasteiger partial charge in [-0.15, -0.1) is 0 Å². The molecule has 0 bridgehead atoms. The summed E-state index contributed by atoms with van der Waals surface area (Å²) in [4.78, 5) is 29.1. The van der Waals surface area contributed by atoms with Crippen molar-refractivity contribution in [2.45, 2.75) is 19.1 Å². The van der Waals surface area contributed by atoms with E-state index < -0.39 is 18.0 Å². The van der Waals surface area contributed by atoms with Gasteiger partial charge in [0.25, 0.3) is 5.91 Å². The van der Waals surface area contributed by atoms with Crippen molar-refractivity contribution >= 4 is 11.9 Å². The Kier molecular flexibility index (Phi) is 4.16. The van der Waals surface area contributed by atoms with Gasteiger partial charge < -0.3 is 4.74 Å². The number of nitrogens with one attached hydrogen (secondary N) is 1. The molecule has 0 aliphatic carbocycles. The third-order valence-electron chi connectivity index (χ3n) is 3.44. The van der Waals surface area contributed by atoms with Crippen LogP contribution in [0.25, 0.3) is 0 Å². The second kappa shape index (κ2) is 6.41. The molecule has 0 unspecified atom stereocenters. The maximum Gasteiger partial charge on any atom is 0.339 e. The highest BCUT2D eigenvalue weighted by atomic mass is 16.7. The molecule has 0 aromatic heterocycles. The van der Waals surface area contributed by atoms with Gasteiger partial charge in [0.05, 0.1) is 12.2 Å². The second-order valence-electron chi connectivity index (χ2n) is 5.00. The zero-order valence-corrected chi connectivity index (χ0v) is 11.8. The van der Waals surface area contributed by atoms with E-state index in [4.69, 9.17) is 9.57 Å². The van der Waals surface area contributed by atoms with Crippen LogP contribution in [0.1, 0.15) is 21.5 Å². The summed E-state index contributed by atoms with van der Waals surface area (Å²) in [5, 5.41) is 0. The van der Waals surface area contributed by atoms with Crippen LogP contribution in [0.15, 0.2) is 54.6 Å².